The van der Waals surface area contributed by atoms with Crippen molar-refractivity contribution in [2.75, 3.05) is 25.2 Å². The van der Waals surface area contributed by atoms with Gasteiger partial charge >= 0.3 is 0 Å². The lowest BCUT2D eigenvalue weighted by atomic mass is 10.0. The van der Waals surface area contributed by atoms with Crippen molar-refractivity contribution in [2.24, 2.45) is 5.92 Å². The topological polar surface area (TPSA) is 73.3 Å². The number of hydrogen-bond acceptors (Lipinski definition) is 7. The minimum atomic E-state index is 0.719. The summed E-state index contributed by atoms with van der Waals surface area (Å²) in [5, 5.41) is 0. The third-order valence-corrected chi connectivity index (χ3v) is 5.24. The van der Waals surface area contributed by atoms with E-state index in [0.717, 1.165) is 55.2 Å². The van der Waals surface area contributed by atoms with Crippen molar-refractivity contribution in [3.05, 3.63) is 66.1 Å². The summed E-state index contributed by atoms with van der Waals surface area (Å²) in [4.78, 5) is 19.2. The number of fused-ring (bicyclic) bond motifs is 1. The molecule has 1 aliphatic carbocycles. The van der Waals surface area contributed by atoms with E-state index in [9.17, 15) is 0 Å². The van der Waals surface area contributed by atoms with Gasteiger partial charge in [-0.15, -0.1) is 0 Å². The maximum Gasteiger partial charge on any atom is 0.240 e. The van der Waals surface area contributed by atoms with E-state index in [2.05, 4.69) is 30.9 Å². The molecule has 7 heteroatoms. The molecule has 0 aromatic carbocycles. The smallest absolute Gasteiger partial charge is 0.240 e. The van der Waals surface area contributed by atoms with Gasteiger partial charge in [0.1, 0.15) is 17.3 Å². The summed E-state index contributed by atoms with van der Waals surface area (Å²) in [6.07, 6.45) is 12.7. The molecule has 1 aliphatic heterocycles. The highest BCUT2D eigenvalue weighted by atomic mass is 16.5. The minimum Gasteiger partial charge on any atom is -0.495 e. The van der Waals surface area contributed by atoms with Gasteiger partial charge < -0.3 is 14.4 Å². The summed E-state index contributed by atoms with van der Waals surface area (Å²) in [6.45, 7) is 4.50. The Kier molecular flexibility index (Phi) is 6.37. The van der Waals surface area contributed by atoms with Gasteiger partial charge in [-0.3, -0.25) is 9.97 Å². The summed E-state index contributed by atoms with van der Waals surface area (Å²) in [7, 11) is 1.62. The number of aromatic nitrogens is 4. The number of ether oxygens (including phenoxy) is 2. The van der Waals surface area contributed by atoms with Crippen LogP contribution in [0.15, 0.2) is 49.2 Å². The zero-order valence-electron chi connectivity index (χ0n) is 17.5. The molecule has 1 saturated carbocycles. The van der Waals surface area contributed by atoms with Crippen LogP contribution in [0.3, 0.4) is 0 Å². The minimum absolute atomic E-state index is 0.719. The molecule has 7 nitrogen and oxygen atoms in total. The molecule has 0 radical (unpaired) electrons. The van der Waals surface area contributed by atoms with Crippen LogP contribution in [0, 0.1) is 12.8 Å². The second kappa shape index (κ2) is 9.52. The number of methoxy groups -OCH3 is 1. The lowest BCUT2D eigenvalue weighted by molar-refractivity contribution is 0.287. The third-order valence-electron chi connectivity index (χ3n) is 5.24. The Morgan fingerprint density at radius 1 is 1.07 bits per heavy atom. The van der Waals surface area contributed by atoms with Crippen LogP contribution >= 0.6 is 0 Å². The Balaban J connectivity index is 0.000000230. The van der Waals surface area contributed by atoms with Gasteiger partial charge in [-0.05, 0) is 61.4 Å². The summed E-state index contributed by atoms with van der Waals surface area (Å²) in [5.74, 6) is 3.01. The van der Waals surface area contributed by atoms with Crippen LogP contribution in [0.1, 0.15) is 29.8 Å². The molecular weight excluding hydrogens is 378 g/mol. The fourth-order valence-electron chi connectivity index (χ4n) is 3.30. The van der Waals surface area contributed by atoms with Crippen molar-refractivity contribution >= 4 is 5.69 Å². The van der Waals surface area contributed by atoms with Crippen molar-refractivity contribution < 1.29 is 9.47 Å². The SMILES string of the molecule is COc1cccnc1.Cc1ncc(N2CCc3cnccc3C2)c(OCC2CC2)n1. The Morgan fingerprint density at radius 3 is 2.67 bits per heavy atom. The zero-order chi connectivity index (χ0) is 20.8. The molecule has 0 amide bonds. The lowest BCUT2D eigenvalue weighted by Crippen LogP contribution is -2.31. The fraction of sp³-hybridized carbons (Fsp3) is 0.391. The van der Waals surface area contributed by atoms with Crippen LogP contribution in [0.25, 0.3) is 0 Å². The first kappa shape index (κ1) is 20.1. The average Bonchev–Trinajstić information content (AvgIpc) is 3.63. The second-order valence-corrected chi connectivity index (χ2v) is 7.57. The van der Waals surface area contributed by atoms with E-state index < -0.39 is 0 Å². The van der Waals surface area contributed by atoms with Crippen molar-refractivity contribution in [3.63, 3.8) is 0 Å². The monoisotopic (exact) mass is 405 g/mol. The van der Waals surface area contributed by atoms with Gasteiger partial charge in [-0.2, -0.15) is 4.98 Å². The van der Waals surface area contributed by atoms with E-state index >= 15 is 0 Å². The van der Waals surface area contributed by atoms with Gasteiger partial charge in [0.15, 0.2) is 0 Å². The van der Waals surface area contributed by atoms with E-state index in [4.69, 9.17) is 9.47 Å². The molecule has 0 spiro atoms. The molecule has 0 saturated heterocycles. The van der Waals surface area contributed by atoms with Crippen LogP contribution in [-0.4, -0.2) is 40.2 Å². The highest BCUT2D eigenvalue weighted by Gasteiger charge is 2.25. The summed E-state index contributed by atoms with van der Waals surface area (Å²) < 4.78 is 10.8. The Morgan fingerprint density at radius 2 is 1.93 bits per heavy atom. The predicted octanol–water partition coefficient (Wildman–Crippen LogP) is 3.62. The predicted molar refractivity (Wildman–Crippen MR) is 115 cm³/mol. The Labute approximate surface area is 177 Å². The molecule has 3 aromatic heterocycles. The number of rotatable bonds is 5. The number of aryl methyl sites for hydroxylation is 1. The molecule has 5 rings (SSSR count). The van der Waals surface area contributed by atoms with Crippen LogP contribution in [0.5, 0.6) is 11.6 Å². The van der Waals surface area contributed by atoms with Crippen molar-refractivity contribution in [2.45, 2.75) is 32.7 Å². The van der Waals surface area contributed by atoms with Crippen molar-refractivity contribution in [3.8, 4) is 11.6 Å². The number of nitrogens with zero attached hydrogens (tertiary/aromatic N) is 5. The van der Waals surface area contributed by atoms with Crippen LogP contribution in [0.2, 0.25) is 0 Å². The van der Waals surface area contributed by atoms with Crippen molar-refractivity contribution in [1.29, 1.82) is 0 Å². The van der Waals surface area contributed by atoms with E-state index in [0.29, 0.717) is 0 Å². The fourth-order valence-corrected chi connectivity index (χ4v) is 3.30. The molecule has 4 heterocycles. The van der Waals surface area contributed by atoms with Gasteiger partial charge in [0.05, 0.1) is 26.1 Å². The van der Waals surface area contributed by atoms with E-state index in [1.807, 2.05) is 37.6 Å². The first-order valence-corrected chi connectivity index (χ1v) is 10.3. The molecule has 2 aliphatic rings. The van der Waals surface area contributed by atoms with Gasteiger partial charge in [0, 0.05) is 31.7 Å². The average molecular weight is 406 g/mol. The normalized spacial score (nSPS) is 14.9. The maximum absolute atomic E-state index is 5.98. The van der Waals surface area contributed by atoms with Gasteiger partial charge in [-0.1, -0.05) is 0 Å². The summed E-state index contributed by atoms with van der Waals surface area (Å²) in [5.41, 5.74) is 3.68. The van der Waals surface area contributed by atoms with Crippen LogP contribution < -0.4 is 14.4 Å². The first-order chi connectivity index (χ1) is 14.7. The summed E-state index contributed by atoms with van der Waals surface area (Å²) in [6, 6.07) is 5.78. The van der Waals surface area contributed by atoms with E-state index in [-0.39, 0.29) is 0 Å². The molecule has 0 N–H and O–H groups in total. The molecule has 3 aromatic rings. The lowest BCUT2D eigenvalue weighted by Gasteiger charge is -2.30. The first-order valence-electron chi connectivity index (χ1n) is 10.3. The number of hydrogen-bond donors (Lipinski definition) is 0. The van der Waals surface area contributed by atoms with Gasteiger partial charge in [-0.25, -0.2) is 4.98 Å². The third kappa shape index (κ3) is 5.23. The largest absolute Gasteiger partial charge is 0.495 e. The quantitative estimate of drug-likeness (QED) is 0.642. The van der Waals surface area contributed by atoms with Gasteiger partial charge in [0.25, 0.3) is 0 Å². The molecule has 0 bridgehead atoms. The zero-order valence-corrected chi connectivity index (χ0v) is 17.5. The summed E-state index contributed by atoms with van der Waals surface area (Å²) >= 11 is 0. The molecule has 0 unspecified atom stereocenters. The standard InChI is InChI=1S/C17H20N4O.C6H7NO/c1-12-19-9-16(17(20-12)22-11-13-2-3-13)21-7-5-14-8-18-6-4-15(14)10-21;1-8-6-3-2-4-7-5-6/h4,6,8-9,13H,2-3,5,7,10-11H2,1H3;2-5H,1H3. The molecule has 30 heavy (non-hydrogen) atoms. The highest BCUT2D eigenvalue weighted by Crippen LogP contribution is 2.33. The molecule has 1 fully saturated rings. The van der Waals surface area contributed by atoms with E-state index in [1.165, 1.54) is 24.0 Å². The van der Waals surface area contributed by atoms with Crippen LogP contribution in [0.4, 0.5) is 5.69 Å². The second-order valence-electron chi connectivity index (χ2n) is 7.57. The Hall–Kier alpha value is -3.22. The van der Waals surface area contributed by atoms with E-state index in [1.54, 1.807) is 19.5 Å². The number of pyridine rings is 2. The Bertz CT molecular complexity index is 963. The number of anilines is 1. The molecule has 156 valence electrons. The molecular formula is C23H27N5O2. The highest BCUT2D eigenvalue weighted by molar-refractivity contribution is 5.55. The van der Waals surface area contributed by atoms with Crippen molar-refractivity contribution in [1.82, 2.24) is 19.9 Å². The van der Waals surface area contributed by atoms with Gasteiger partial charge in [0.2, 0.25) is 5.88 Å². The molecule has 0 atom stereocenters. The maximum atomic E-state index is 5.98. The van der Waals surface area contributed by atoms with Crippen LogP contribution in [-0.2, 0) is 13.0 Å².